The first-order valence-electron chi connectivity index (χ1n) is 7.99. The Balaban J connectivity index is 1.80. The number of halogens is 1. The van der Waals surface area contributed by atoms with Gasteiger partial charge in [0.1, 0.15) is 17.3 Å². The van der Waals surface area contributed by atoms with Gasteiger partial charge in [-0.15, -0.1) is 0 Å². The molecule has 3 aromatic rings. The van der Waals surface area contributed by atoms with Gasteiger partial charge in [-0.1, -0.05) is 24.3 Å². The molecule has 1 aromatic heterocycles. The third-order valence-electron chi connectivity index (χ3n) is 3.67. The molecule has 1 amide bonds. The molecule has 0 aliphatic carbocycles. The van der Waals surface area contributed by atoms with E-state index in [2.05, 4.69) is 10.4 Å². The highest BCUT2D eigenvalue weighted by atomic mass is 19.1. The number of rotatable bonds is 5. The molecule has 136 valence electrons. The van der Waals surface area contributed by atoms with Gasteiger partial charge in [-0.3, -0.25) is 14.9 Å². The zero-order valence-electron chi connectivity index (χ0n) is 14.3. The average molecular weight is 366 g/mol. The Labute approximate surface area is 153 Å². The standard InChI is InChI=1S/C19H15FN4O3/c1-13-11-18(23(22-13)17-8-3-2-7-16(17)20)21-19(25)10-9-14-5-4-6-15(12-14)24(26)27/h2-12H,1H3,(H,21,25). The molecular formula is C19H15FN4O3. The maximum absolute atomic E-state index is 14.0. The molecular weight excluding hydrogens is 351 g/mol. The molecule has 2 aromatic carbocycles. The van der Waals surface area contributed by atoms with Crippen molar-refractivity contribution in [3.8, 4) is 5.69 Å². The Morgan fingerprint density at radius 3 is 2.74 bits per heavy atom. The van der Waals surface area contributed by atoms with Gasteiger partial charge in [-0.05, 0) is 30.7 Å². The van der Waals surface area contributed by atoms with Crippen molar-refractivity contribution in [3.05, 3.63) is 87.9 Å². The van der Waals surface area contributed by atoms with Crippen LogP contribution >= 0.6 is 0 Å². The lowest BCUT2D eigenvalue weighted by Crippen LogP contribution is -2.13. The first-order valence-corrected chi connectivity index (χ1v) is 7.99. The van der Waals surface area contributed by atoms with E-state index in [4.69, 9.17) is 0 Å². The van der Waals surface area contributed by atoms with Crippen LogP contribution in [0.1, 0.15) is 11.3 Å². The second-order valence-electron chi connectivity index (χ2n) is 5.71. The second-order valence-corrected chi connectivity index (χ2v) is 5.71. The number of para-hydroxylation sites is 1. The summed E-state index contributed by atoms with van der Waals surface area (Å²) in [6, 6.07) is 13.6. The average Bonchev–Trinajstić information content (AvgIpc) is 3.00. The Hall–Kier alpha value is -3.81. The molecule has 0 unspecified atom stereocenters. The highest BCUT2D eigenvalue weighted by molar-refractivity contribution is 6.01. The number of nitro benzene ring substituents is 1. The van der Waals surface area contributed by atoms with Crippen LogP contribution in [0.5, 0.6) is 0 Å². The summed E-state index contributed by atoms with van der Waals surface area (Å²) in [5.74, 6) is -0.631. The zero-order valence-corrected chi connectivity index (χ0v) is 14.3. The fraction of sp³-hybridized carbons (Fsp3) is 0.0526. The molecule has 1 heterocycles. The normalized spacial score (nSPS) is 10.9. The largest absolute Gasteiger partial charge is 0.307 e. The lowest BCUT2D eigenvalue weighted by Gasteiger charge is -2.08. The first-order chi connectivity index (χ1) is 12.9. The predicted octanol–water partition coefficient (Wildman–Crippen LogP) is 3.88. The van der Waals surface area contributed by atoms with E-state index < -0.39 is 16.6 Å². The number of carbonyl (C=O) groups is 1. The van der Waals surface area contributed by atoms with Crippen molar-refractivity contribution in [3.63, 3.8) is 0 Å². The van der Waals surface area contributed by atoms with Gasteiger partial charge in [-0.2, -0.15) is 5.10 Å². The highest BCUT2D eigenvalue weighted by Gasteiger charge is 2.12. The van der Waals surface area contributed by atoms with Crippen molar-refractivity contribution < 1.29 is 14.1 Å². The quantitative estimate of drug-likeness (QED) is 0.421. The smallest absolute Gasteiger partial charge is 0.270 e. The van der Waals surface area contributed by atoms with Gasteiger partial charge >= 0.3 is 0 Å². The summed E-state index contributed by atoms with van der Waals surface area (Å²) in [4.78, 5) is 22.5. The minimum Gasteiger partial charge on any atom is -0.307 e. The van der Waals surface area contributed by atoms with E-state index >= 15 is 0 Å². The third kappa shape index (κ3) is 4.24. The molecule has 0 radical (unpaired) electrons. The number of aryl methyl sites for hydroxylation is 1. The Bertz CT molecular complexity index is 1040. The van der Waals surface area contributed by atoms with Crippen molar-refractivity contribution >= 4 is 23.5 Å². The van der Waals surface area contributed by atoms with Crippen LogP contribution in [0.2, 0.25) is 0 Å². The summed E-state index contributed by atoms with van der Waals surface area (Å²) in [5.41, 5.74) is 1.27. The molecule has 8 heteroatoms. The van der Waals surface area contributed by atoms with Gasteiger partial charge < -0.3 is 5.32 Å². The van der Waals surface area contributed by atoms with Crippen LogP contribution in [0.4, 0.5) is 15.9 Å². The molecule has 0 saturated heterocycles. The fourth-order valence-electron chi connectivity index (χ4n) is 2.48. The predicted molar refractivity (Wildman–Crippen MR) is 99.0 cm³/mol. The van der Waals surface area contributed by atoms with E-state index in [0.717, 1.165) is 0 Å². The van der Waals surface area contributed by atoms with E-state index in [0.29, 0.717) is 17.1 Å². The van der Waals surface area contributed by atoms with Crippen LogP contribution < -0.4 is 5.32 Å². The molecule has 0 bridgehead atoms. The second kappa shape index (κ2) is 7.61. The summed E-state index contributed by atoms with van der Waals surface area (Å²) in [7, 11) is 0. The van der Waals surface area contributed by atoms with E-state index in [1.54, 1.807) is 37.3 Å². The molecule has 0 aliphatic rings. The monoisotopic (exact) mass is 366 g/mol. The number of amides is 1. The lowest BCUT2D eigenvalue weighted by molar-refractivity contribution is -0.384. The van der Waals surface area contributed by atoms with Gasteiger partial charge in [0.2, 0.25) is 5.91 Å². The van der Waals surface area contributed by atoms with Gasteiger partial charge in [0.15, 0.2) is 0 Å². The van der Waals surface area contributed by atoms with Crippen molar-refractivity contribution in [1.82, 2.24) is 9.78 Å². The summed E-state index contributed by atoms with van der Waals surface area (Å²) < 4.78 is 15.3. The molecule has 0 fully saturated rings. The molecule has 0 aliphatic heterocycles. The van der Waals surface area contributed by atoms with Crippen molar-refractivity contribution in [2.75, 3.05) is 5.32 Å². The first kappa shape index (κ1) is 18.0. The summed E-state index contributed by atoms with van der Waals surface area (Å²) in [5, 5.41) is 17.6. The van der Waals surface area contributed by atoms with Crippen molar-refractivity contribution in [2.24, 2.45) is 0 Å². The van der Waals surface area contributed by atoms with Crippen LogP contribution in [0, 0.1) is 22.9 Å². The molecule has 3 rings (SSSR count). The maximum atomic E-state index is 14.0. The number of aromatic nitrogens is 2. The molecule has 7 nitrogen and oxygen atoms in total. The van der Waals surface area contributed by atoms with Crippen molar-refractivity contribution in [1.29, 1.82) is 0 Å². The van der Waals surface area contributed by atoms with Gasteiger partial charge in [0, 0.05) is 24.3 Å². The molecule has 0 saturated carbocycles. The summed E-state index contributed by atoms with van der Waals surface area (Å²) in [6.45, 7) is 1.73. The number of nitrogens with zero attached hydrogens (tertiary/aromatic N) is 3. The fourth-order valence-corrected chi connectivity index (χ4v) is 2.48. The number of nitrogens with one attached hydrogen (secondary N) is 1. The number of nitro groups is 1. The summed E-state index contributed by atoms with van der Waals surface area (Å²) in [6.07, 6.45) is 2.70. The molecule has 1 N–H and O–H groups in total. The lowest BCUT2D eigenvalue weighted by atomic mass is 10.2. The van der Waals surface area contributed by atoms with Gasteiger partial charge in [0.05, 0.1) is 10.6 Å². The summed E-state index contributed by atoms with van der Waals surface area (Å²) >= 11 is 0. The Morgan fingerprint density at radius 1 is 1.22 bits per heavy atom. The topological polar surface area (TPSA) is 90.1 Å². The minimum atomic E-state index is -0.507. The van der Waals surface area contributed by atoms with E-state index in [-0.39, 0.29) is 11.4 Å². The SMILES string of the molecule is Cc1cc(NC(=O)C=Cc2cccc([N+](=O)[O-])c2)n(-c2ccccc2F)n1. The Kier molecular flexibility index (Phi) is 5.07. The minimum absolute atomic E-state index is 0.0641. The van der Waals surface area contributed by atoms with E-state index in [1.807, 2.05) is 0 Å². The van der Waals surface area contributed by atoms with Crippen LogP contribution in [0.15, 0.2) is 60.7 Å². The van der Waals surface area contributed by atoms with Crippen LogP contribution in [-0.4, -0.2) is 20.6 Å². The van der Waals surface area contributed by atoms with Crippen LogP contribution in [-0.2, 0) is 4.79 Å². The maximum Gasteiger partial charge on any atom is 0.270 e. The van der Waals surface area contributed by atoms with Gasteiger partial charge in [0.25, 0.3) is 5.69 Å². The third-order valence-corrected chi connectivity index (χ3v) is 3.67. The molecule has 27 heavy (non-hydrogen) atoms. The number of carbonyl (C=O) groups excluding carboxylic acids is 1. The number of hydrogen-bond donors (Lipinski definition) is 1. The number of benzene rings is 2. The Morgan fingerprint density at radius 2 is 2.00 bits per heavy atom. The van der Waals surface area contributed by atoms with E-state index in [1.165, 1.54) is 41.1 Å². The number of hydrogen-bond acceptors (Lipinski definition) is 4. The molecule has 0 spiro atoms. The van der Waals surface area contributed by atoms with E-state index in [9.17, 15) is 19.3 Å². The number of non-ortho nitro benzene ring substituents is 1. The highest BCUT2D eigenvalue weighted by Crippen LogP contribution is 2.20. The molecule has 0 atom stereocenters. The van der Waals surface area contributed by atoms with Crippen LogP contribution in [0.3, 0.4) is 0 Å². The number of anilines is 1. The van der Waals surface area contributed by atoms with Gasteiger partial charge in [-0.25, -0.2) is 9.07 Å². The van der Waals surface area contributed by atoms with Crippen LogP contribution in [0.25, 0.3) is 11.8 Å². The van der Waals surface area contributed by atoms with Crippen molar-refractivity contribution in [2.45, 2.75) is 6.92 Å². The zero-order chi connectivity index (χ0) is 19.4.